The molecule has 1 aliphatic heterocycles. The molecule has 39 heavy (non-hydrogen) atoms. The maximum Gasteiger partial charge on any atom is 0.408 e. The van der Waals surface area contributed by atoms with Gasteiger partial charge in [0, 0.05) is 43.4 Å². The molecule has 0 aliphatic carbocycles. The van der Waals surface area contributed by atoms with Gasteiger partial charge in [0.05, 0.1) is 12.0 Å². The first kappa shape index (κ1) is 31.0. The third kappa shape index (κ3) is 7.36. The van der Waals surface area contributed by atoms with Crippen LogP contribution in [0.25, 0.3) is 10.9 Å². The Morgan fingerprint density at radius 3 is 2.46 bits per heavy atom. The topological polar surface area (TPSA) is 81.0 Å². The number of aryl methyl sites for hydroxylation is 2. The van der Waals surface area contributed by atoms with E-state index >= 15 is 0 Å². The number of nitrogens with zero attached hydrogens (tertiary/aromatic N) is 2. The van der Waals surface area contributed by atoms with Crippen molar-refractivity contribution in [2.24, 2.45) is 30.7 Å². The number of cyclic esters (lactones) is 1. The highest BCUT2D eigenvalue weighted by molar-refractivity contribution is 5.84. The van der Waals surface area contributed by atoms with Gasteiger partial charge in [0.1, 0.15) is 6.10 Å². The van der Waals surface area contributed by atoms with E-state index in [-0.39, 0.29) is 23.7 Å². The highest BCUT2D eigenvalue weighted by Gasteiger charge is 2.46. The summed E-state index contributed by atoms with van der Waals surface area (Å²) < 4.78 is 13.4. The molecule has 3 rings (SSSR count). The molecule has 1 saturated heterocycles. The zero-order valence-electron chi connectivity index (χ0n) is 25.5. The summed E-state index contributed by atoms with van der Waals surface area (Å²) in [6.07, 6.45) is 4.79. The number of rotatable bonds is 12. The van der Waals surface area contributed by atoms with Crippen LogP contribution in [0.15, 0.2) is 24.4 Å². The fourth-order valence-corrected chi connectivity index (χ4v) is 6.22. The molecular weight excluding hydrogens is 492 g/mol. The lowest BCUT2D eigenvalue weighted by molar-refractivity contribution is -0.148. The monoisotopic (exact) mass is 542 g/mol. The number of benzene rings is 1. The van der Waals surface area contributed by atoms with Crippen molar-refractivity contribution in [3.05, 3.63) is 35.5 Å². The van der Waals surface area contributed by atoms with Crippen molar-refractivity contribution >= 4 is 23.0 Å². The number of amides is 1. The van der Waals surface area contributed by atoms with Gasteiger partial charge in [-0.25, -0.2) is 4.79 Å². The second-order valence-corrected chi connectivity index (χ2v) is 13.1. The molecular formula is C32H50N2O5. The van der Waals surface area contributed by atoms with Gasteiger partial charge in [-0.1, -0.05) is 33.8 Å². The summed E-state index contributed by atoms with van der Waals surface area (Å²) in [4.78, 5) is 26.9. The van der Waals surface area contributed by atoms with Crippen molar-refractivity contribution in [3.63, 3.8) is 0 Å². The van der Waals surface area contributed by atoms with Crippen molar-refractivity contribution in [2.75, 3.05) is 13.7 Å². The molecule has 0 unspecified atom stereocenters. The Labute approximate surface area is 234 Å². The number of fused-ring (bicyclic) bond motifs is 1. The Kier molecular flexibility index (Phi) is 10.1. The molecule has 2 heterocycles. The summed E-state index contributed by atoms with van der Waals surface area (Å²) in [6.45, 7) is 15.0. The van der Waals surface area contributed by atoms with Crippen LogP contribution in [0.4, 0.5) is 4.79 Å². The molecule has 0 saturated carbocycles. The number of hydrogen-bond donors (Lipinski definition) is 1. The van der Waals surface area contributed by atoms with E-state index in [4.69, 9.17) is 9.47 Å². The number of esters is 1. The fraction of sp³-hybridized carbons (Fsp3) is 0.688. The molecule has 1 aliphatic rings. The number of methoxy groups -OCH3 is 1. The predicted octanol–water partition coefficient (Wildman–Crippen LogP) is 6.70. The van der Waals surface area contributed by atoms with E-state index in [0.717, 1.165) is 25.9 Å². The lowest BCUT2D eigenvalue weighted by Gasteiger charge is -2.43. The largest absolute Gasteiger partial charge is 0.465 e. The number of ether oxygens (including phenoxy) is 2. The smallest absolute Gasteiger partial charge is 0.408 e. The predicted molar refractivity (Wildman–Crippen MR) is 156 cm³/mol. The zero-order valence-corrected chi connectivity index (χ0v) is 25.5. The van der Waals surface area contributed by atoms with Crippen LogP contribution in [0.5, 0.6) is 0 Å². The minimum Gasteiger partial charge on any atom is -0.465 e. The van der Waals surface area contributed by atoms with Crippen LogP contribution in [-0.4, -0.2) is 58.0 Å². The number of aromatic nitrogens is 1. The lowest BCUT2D eigenvalue weighted by atomic mass is 9.80. The Morgan fingerprint density at radius 1 is 1.23 bits per heavy atom. The molecule has 4 atom stereocenters. The highest BCUT2D eigenvalue weighted by Crippen LogP contribution is 2.37. The quantitative estimate of drug-likeness (QED) is 0.239. The summed E-state index contributed by atoms with van der Waals surface area (Å²) in [6, 6.07) is 6.30. The van der Waals surface area contributed by atoms with E-state index in [1.165, 1.54) is 26.9 Å². The van der Waals surface area contributed by atoms with Crippen LogP contribution >= 0.6 is 0 Å². The van der Waals surface area contributed by atoms with Crippen molar-refractivity contribution < 1.29 is 24.2 Å². The van der Waals surface area contributed by atoms with Crippen LogP contribution in [0, 0.1) is 23.7 Å². The second kappa shape index (κ2) is 12.8. The van der Waals surface area contributed by atoms with Gasteiger partial charge < -0.3 is 19.1 Å². The average molecular weight is 543 g/mol. The molecule has 0 bridgehead atoms. The van der Waals surface area contributed by atoms with Crippen molar-refractivity contribution in [3.8, 4) is 0 Å². The lowest BCUT2D eigenvalue weighted by Crippen LogP contribution is -2.56. The van der Waals surface area contributed by atoms with Crippen molar-refractivity contribution in [2.45, 2.75) is 98.3 Å². The standard InChI is InChI=1S/C32H50N2O5/c1-20(2)24(15-22-12-13-27-26(16-22)23(19-33(27)8)11-10-14-38-9)17-28(34(31(36)37)32(5,6)7)29-18-25(21(3)4)30(35)39-29/h12-13,16,19-21,24-25,28-29H,10-11,14-15,17-18H2,1-9H3,(H,36,37)/t24-,25+,28+,29+/m1/s1. The molecule has 0 radical (unpaired) electrons. The van der Waals surface area contributed by atoms with Crippen molar-refractivity contribution in [1.82, 2.24) is 9.47 Å². The van der Waals surface area contributed by atoms with Gasteiger partial charge in [-0.3, -0.25) is 9.69 Å². The summed E-state index contributed by atoms with van der Waals surface area (Å²) in [5.74, 6) is 0.314. The van der Waals surface area contributed by atoms with Crippen molar-refractivity contribution in [1.29, 1.82) is 0 Å². The molecule has 1 N–H and O–H groups in total. The van der Waals surface area contributed by atoms with Crippen LogP contribution in [0.3, 0.4) is 0 Å². The number of carbonyl (C=O) groups is 2. The van der Waals surface area contributed by atoms with Gasteiger partial charge >= 0.3 is 12.1 Å². The Morgan fingerprint density at radius 2 is 1.92 bits per heavy atom. The van der Waals surface area contributed by atoms with Gasteiger partial charge in [0.2, 0.25) is 0 Å². The molecule has 2 aromatic rings. The summed E-state index contributed by atoms with van der Waals surface area (Å²) >= 11 is 0. The summed E-state index contributed by atoms with van der Waals surface area (Å²) in [7, 11) is 3.82. The molecule has 1 fully saturated rings. The summed E-state index contributed by atoms with van der Waals surface area (Å²) in [5, 5.41) is 11.6. The summed E-state index contributed by atoms with van der Waals surface area (Å²) in [5.41, 5.74) is 3.17. The van der Waals surface area contributed by atoms with E-state index < -0.39 is 23.8 Å². The molecule has 1 amide bonds. The van der Waals surface area contributed by atoms with E-state index in [0.29, 0.717) is 18.8 Å². The molecule has 7 nitrogen and oxygen atoms in total. The van der Waals surface area contributed by atoms with E-state index in [9.17, 15) is 14.7 Å². The Hall–Kier alpha value is -2.54. The Bertz CT molecular complexity index is 1130. The minimum absolute atomic E-state index is 0.160. The molecule has 7 heteroatoms. The highest BCUT2D eigenvalue weighted by atomic mass is 16.6. The maximum atomic E-state index is 12.7. The number of carboxylic acid groups (broad SMARTS) is 1. The fourth-order valence-electron chi connectivity index (χ4n) is 6.22. The second-order valence-electron chi connectivity index (χ2n) is 13.1. The Balaban J connectivity index is 1.93. The molecule has 0 spiro atoms. The van der Waals surface area contributed by atoms with Gasteiger partial charge in [-0.15, -0.1) is 0 Å². The zero-order chi connectivity index (χ0) is 29.1. The first-order chi connectivity index (χ1) is 18.2. The third-order valence-electron chi connectivity index (χ3n) is 8.47. The van der Waals surface area contributed by atoms with Crippen LogP contribution in [0.2, 0.25) is 0 Å². The van der Waals surface area contributed by atoms with Crippen LogP contribution in [0.1, 0.15) is 78.9 Å². The van der Waals surface area contributed by atoms with Crippen LogP contribution in [-0.2, 0) is 34.2 Å². The van der Waals surface area contributed by atoms with Gasteiger partial charge in [0.25, 0.3) is 0 Å². The SMILES string of the molecule is COCCCc1cn(C)c2ccc(C[C@H](C[C@@H]([C@@H]3C[C@@H](C(C)C)C(=O)O3)N(C(=O)O)C(C)(C)C)C(C)C)cc12. The maximum absolute atomic E-state index is 12.7. The first-order valence-corrected chi connectivity index (χ1v) is 14.5. The normalized spacial score (nSPS) is 19.6. The first-order valence-electron chi connectivity index (χ1n) is 14.5. The van der Waals surface area contributed by atoms with Gasteiger partial charge in [-0.05, 0) is 93.9 Å². The van der Waals surface area contributed by atoms with E-state index in [1.807, 2.05) is 34.6 Å². The third-order valence-corrected chi connectivity index (χ3v) is 8.47. The van der Waals surface area contributed by atoms with E-state index in [1.54, 1.807) is 7.11 Å². The molecule has 1 aromatic heterocycles. The minimum atomic E-state index is -0.967. The number of carbonyl (C=O) groups excluding carboxylic acids is 1. The average Bonchev–Trinajstić information content (AvgIpc) is 3.36. The van der Waals surface area contributed by atoms with Crippen LogP contribution < -0.4 is 0 Å². The molecule has 1 aromatic carbocycles. The number of hydrogen-bond acceptors (Lipinski definition) is 4. The van der Waals surface area contributed by atoms with Gasteiger partial charge in [0.15, 0.2) is 0 Å². The van der Waals surface area contributed by atoms with E-state index in [2.05, 4.69) is 49.9 Å². The molecule has 218 valence electrons. The van der Waals surface area contributed by atoms with Gasteiger partial charge in [-0.2, -0.15) is 0 Å².